The summed E-state index contributed by atoms with van der Waals surface area (Å²) >= 11 is 1.70. The molecular formula is C22H26N4O2S. The highest BCUT2D eigenvalue weighted by Gasteiger charge is 2.27. The van der Waals surface area contributed by atoms with Crippen molar-refractivity contribution in [2.75, 3.05) is 31.1 Å². The van der Waals surface area contributed by atoms with Gasteiger partial charge in [0.25, 0.3) is 0 Å². The van der Waals surface area contributed by atoms with Crippen LogP contribution in [0.15, 0.2) is 42.8 Å². The molecule has 1 aliphatic carbocycles. The lowest BCUT2D eigenvalue weighted by Gasteiger charge is -2.36. The third kappa shape index (κ3) is 4.50. The first-order valence-corrected chi connectivity index (χ1v) is 10.7. The molecule has 1 fully saturated rings. The number of ether oxygens (including phenoxy) is 1. The van der Waals surface area contributed by atoms with E-state index in [1.54, 1.807) is 22.6 Å². The predicted molar refractivity (Wildman–Crippen MR) is 118 cm³/mol. The molecule has 1 saturated heterocycles. The number of anilines is 1. The third-order valence-electron chi connectivity index (χ3n) is 4.85. The Bertz CT molecular complexity index is 992. The zero-order valence-electron chi connectivity index (χ0n) is 17.1. The molecule has 0 aromatic carbocycles. The van der Waals surface area contributed by atoms with Crippen LogP contribution in [0.2, 0.25) is 0 Å². The molecule has 29 heavy (non-hydrogen) atoms. The number of carbonyl (C=O) groups is 1. The second-order valence-corrected chi connectivity index (χ2v) is 9.22. The summed E-state index contributed by atoms with van der Waals surface area (Å²) in [4.78, 5) is 27.6. The van der Waals surface area contributed by atoms with Gasteiger partial charge in [0.1, 0.15) is 22.6 Å². The molecule has 6 nitrogen and oxygen atoms in total. The number of piperazine rings is 1. The Morgan fingerprint density at radius 2 is 1.90 bits per heavy atom. The fourth-order valence-electron chi connectivity index (χ4n) is 3.44. The minimum absolute atomic E-state index is 0.246. The van der Waals surface area contributed by atoms with Gasteiger partial charge >= 0.3 is 6.09 Å². The van der Waals surface area contributed by atoms with Crippen LogP contribution in [0.5, 0.6) is 0 Å². The lowest BCUT2D eigenvalue weighted by Crippen LogP contribution is -2.50. The van der Waals surface area contributed by atoms with Gasteiger partial charge in [0.15, 0.2) is 0 Å². The molecule has 7 heteroatoms. The number of thiophene rings is 1. The van der Waals surface area contributed by atoms with Crippen LogP contribution in [0, 0.1) is 0 Å². The van der Waals surface area contributed by atoms with Gasteiger partial charge in [0.2, 0.25) is 0 Å². The molecule has 0 bridgehead atoms. The molecule has 0 unspecified atom stereocenters. The predicted octanol–water partition coefficient (Wildman–Crippen LogP) is 4.65. The van der Waals surface area contributed by atoms with Crippen molar-refractivity contribution >= 4 is 39.0 Å². The lowest BCUT2D eigenvalue weighted by atomic mass is 10.1. The number of rotatable bonds is 2. The van der Waals surface area contributed by atoms with E-state index in [4.69, 9.17) is 4.74 Å². The summed E-state index contributed by atoms with van der Waals surface area (Å²) in [5.41, 5.74) is 0.815. The summed E-state index contributed by atoms with van der Waals surface area (Å²) in [6.07, 6.45) is 12.8. The van der Waals surface area contributed by atoms with Crippen LogP contribution in [-0.4, -0.2) is 52.7 Å². The number of aromatic nitrogens is 2. The van der Waals surface area contributed by atoms with Gasteiger partial charge in [0.05, 0.1) is 5.39 Å². The van der Waals surface area contributed by atoms with Crippen LogP contribution >= 0.6 is 11.3 Å². The van der Waals surface area contributed by atoms with Crippen LogP contribution in [0.25, 0.3) is 15.8 Å². The summed E-state index contributed by atoms with van der Waals surface area (Å²) in [7, 11) is 0. The Morgan fingerprint density at radius 3 is 2.66 bits per heavy atom. The van der Waals surface area contributed by atoms with Crippen molar-refractivity contribution in [2.45, 2.75) is 32.8 Å². The SMILES string of the molecule is CC(C)(C)OC(=O)N1CCN(c2ncnc3sc(C4=CC=CC=CC4)cc23)CC1. The largest absolute Gasteiger partial charge is 0.444 e. The molecular weight excluding hydrogens is 384 g/mol. The highest BCUT2D eigenvalue weighted by atomic mass is 32.1. The van der Waals surface area contributed by atoms with E-state index >= 15 is 0 Å². The molecule has 0 atom stereocenters. The summed E-state index contributed by atoms with van der Waals surface area (Å²) in [6.45, 7) is 8.37. The van der Waals surface area contributed by atoms with E-state index in [2.05, 4.69) is 51.3 Å². The molecule has 1 amide bonds. The van der Waals surface area contributed by atoms with Gasteiger partial charge in [-0.05, 0) is 38.8 Å². The summed E-state index contributed by atoms with van der Waals surface area (Å²) < 4.78 is 5.50. The van der Waals surface area contributed by atoms with E-state index < -0.39 is 5.60 Å². The Labute approximate surface area is 175 Å². The average Bonchev–Trinajstić information content (AvgIpc) is 2.93. The Hall–Kier alpha value is -2.67. The number of hydrogen-bond donors (Lipinski definition) is 0. The van der Waals surface area contributed by atoms with Crippen LogP contribution in [-0.2, 0) is 4.74 Å². The second kappa shape index (κ2) is 7.99. The smallest absolute Gasteiger partial charge is 0.410 e. The topological polar surface area (TPSA) is 58.6 Å². The zero-order chi connectivity index (χ0) is 20.4. The third-order valence-corrected chi connectivity index (χ3v) is 5.97. The molecule has 0 N–H and O–H groups in total. The summed E-state index contributed by atoms with van der Waals surface area (Å²) in [5, 5.41) is 1.08. The Balaban J connectivity index is 1.52. The van der Waals surface area contributed by atoms with E-state index in [-0.39, 0.29) is 6.09 Å². The lowest BCUT2D eigenvalue weighted by molar-refractivity contribution is 0.0240. The molecule has 152 valence electrons. The van der Waals surface area contributed by atoms with Gasteiger partial charge in [-0.2, -0.15) is 0 Å². The normalized spacial score (nSPS) is 17.4. The quantitative estimate of drug-likeness (QED) is 0.721. The van der Waals surface area contributed by atoms with E-state index in [0.29, 0.717) is 13.1 Å². The highest BCUT2D eigenvalue weighted by molar-refractivity contribution is 7.19. The first-order chi connectivity index (χ1) is 13.9. The van der Waals surface area contributed by atoms with Crippen molar-refractivity contribution in [3.8, 4) is 0 Å². The summed E-state index contributed by atoms with van der Waals surface area (Å²) in [6, 6.07) is 2.20. The zero-order valence-corrected chi connectivity index (χ0v) is 17.9. The van der Waals surface area contributed by atoms with Crippen LogP contribution in [0.1, 0.15) is 32.1 Å². The maximum Gasteiger partial charge on any atom is 0.410 e. The van der Waals surface area contributed by atoms with Gasteiger partial charge in [0, 0.05) is 31.1 Å². The molecule has 0 spiro atoms. The molecule has 2 aromatic rings. The number of carbonyl (C=O) groups excluding carboxylic acids is 1. The van der Waals surface area contributed by atoms with Gasteiger partial charge in [-0.25, -0.2) is 14.8 Å². The average molecular weight is 411 g/mol. The molecule has 2 aliphatic rings. The van der Waals surface area contributed by atoms with Crippen molar-refractivity contribution in [2.24, 2.45) is 0 Å². The standard InChI is InChI=1S/C22H26N4O2S/c1-22(2,3)28-21(27)26-12-10-25(11-13-26)19-17-14-18(29-20(17)24-15-23-19)16-8-6-4-5-7-9-16/h4-8,14-15H,9-13H2,1-3H3. The van der Waals surface area contributed by atoms with Crippen molar-refractivity contribution < 1.29 is 9.53 Å². The van der Waals surface area contributed by atoms with Gasteiger partial charge in [-0.15, -0.1) is 11.3 Å². The molecule has 3 heterocycles. The van der Waals surface area contributed by atoms with E-state index in [0.717, 1.165) is 35.5 Å². The second-order valence-electron chi connectivity index (χ2n) is 8.19. The fourth-order valence-corrected chi connectivity index (χ4v) is 4.47. The summed E-state index contributed by atoms with van der Waals surface area (Å²) in [5.74, 6) is 0.946. The number of nitrogens with zero attached hydrogens (tertiary/aromatic N) is 4. The fraction of sp³-hybridized carbons (Fsp3) is 0.409. The maximum atomic E-state index is 12.3. The van der Waals surface area contributed by atoms with Crippen LogP contribution < -0.4 is 4.90 Å². The highest BCUT2D eigenvalue weighted by Crippen LogP contribution is 2.35. The van der Waals surface area contributed by atoms with E-state index in [9.17, 15) is 4.79 Å². The van der Waals surface area contributed by atoms with E-state index in [1.165, 1.54) is 10.5 Å². The van der Waals surface area contributed by atoms with Gasteiger partial charge < -0.3 is 14.5 Å². The van der Waals surface area contributed by atoms with Crippen LogP contribution in [0.4, 0.5) is 10.6 Å². The minimum atomic E-state index is -0.475. The number of allylic oxidation sites excluding steroid dienone is 6. The van der Waals surface area contributed by atoms with Crippen molar-refractivity contribution in [3.63, 3.8) is 0 Å². The first kappa shape index (κ1) is 19.6. The van der Waals surface area contributed by atoms with Crippen molar-refractivity contribution in [1.29, 1.82) is 0 Å². The molecule has 1 aliphatic heterocycles. The first-order valence-electron chi connectivity index (χ1n) is 9.91. The van der Waals surface area contributed by atoms with Gasteiger partial charge in [-0.3, -0.25) is 0 Å². The minimum Gasteiger partial charge on any atom is -0.444 e. The number of fused-ring (bicyclic) bond motifs is 1. The Kier molecular flexibility index (Phi) is 5.41. The Morgan fingerprint density at radius 1 is 1.10 bits per heavy atom. The monoisotopic (exact) mass is 410 g/mol. The van der Waals surface area contributed by atoms with E-state index in [1.807, 2.05) is 20.8 Å². The van der Waals surface area contributed by atoms with Crippen molar-refractivity contribution in [3.05, 3.63) is 47.7 Å². The number of amides is 1. The number of hydrogen-bond acceptors (Lipinski definition) is 6. The molecule has 2 aromatic heterocycles. The molecule has 4 rings (SSSR count). The van der Waals surface area contributed by atoms with Crippen molar-refractivity contribution in [1.82, 2.24) is 14.9 Å². The van der Waals surface area contributed by atoms with Gasteiger partial charge in [-0.1, -0.05) is 30.4 Å². The van der Waals surface area contributed by atoms with Crippen LogP contribution in [0.3, 0.4) is 0 Å². The molecule has 0 saturated carbocycles. The molecule has 0 radical (unpaired) electrons. The maximum absolute atomic E-state index is 12.3.